The normalized spacial score (nSPS) is 24.8. The number of nitrogens with zero attached hydrogens (tertiary/aromatic N) is 2. The predicted molar refractivity (Wildman–Crippen MR) is 73.5 cm³/mol. The van der Waals surface area contributed by atoms with E-state index in [0.717, 1.165) is 31.9 Å². The molecule has 3 rings (SSSR count). The van der Waals surface area contributed by atoms with Gasteiger partial charge in [0.1, 0.15) is 0 Å². The summed E-state index contributed by atoms with van der Waals surface area (Å²) < 4.78 is 0. The van der Waals surface area contributed by atoms with Gasteiger partial charge in [0.05, 0.1) is 6.04 Å². The van der Waals surface area contributed by atoms with Crippen LogP contribution in [-0.4, -0.2) is 42.0 Å². The smallest absolute Gasteiger partial charge is 0.160 e. The van der Waals surface area contributed by atoms with Crippen LogP contribution in [0.1, 0.15) is 11.6 Å². The molecule has 1 atom stereocenters. The second kappa shape index (κ2) is 5.10. The van der Waals surface area contributed by atoms with E-state index in [0.29, 0.717) is 6.04 Å². The number of aliphatic imine (C=N–C) groups is 1. The lowest BCUT2D eigenvalue weighted by molar-refractivity contribution is 0.362. The van der Waals surface area contributed by atoms with Crippen LogP contribution in [0, 0.1) is 0 Å². The molecule has 0 saturated carbocycles. The van der Waals surface area contributed by atoms with Crippen LogP contribution in [0.3, 0.4) is 0 Å². The average molecular weight is 247 g/mol. The zero-order chi connectivity index (χ0) is 11.5. The molecule has 17 heavy (non-hydrogen) atoms. The zero-order valence-corrected chi connectivity index (χ0v) is 10.6. The highest BCUT2D eigenvalue weighted by Gasteiger charge is 2.24. The van der Waals surface area contributed by atoms with Crippen molar-refractivity contribution in [3.63, 3.8) is 0 Å². The summed E-state index contributed by atoms with van der Waals surface area (Å²) in [6.07, 6.45) is 0. The molecule has 2 aliphatic heterocycles. The van der Waals surface area contributed by atoms with Crippen LogP contribution < -0.4 is 5.32 Å². The molecule has 1 N–H and O–H groups in total. The minimum atomic E-state index is 0.353. The van der Waals surface area contributed by atoms with Gasteiger partial charge in [-0.3, -0.25) is 4.99 Å². The molecule has 0 radical (unpaired) electrons. The van der Waals surface area contributed by atoms with Crippen LogP contribution in [0.5, 0.6) is 0 Å². The molecular weight excluding hydrogens is 230 g/mol. The lowest BCUT2D eigenvalue weighted by Gasteiger charge is -2.28. The van der Waals surface area contributed by atoms with E-state index in [1.165, 1.54) is 10.7 Å². The van der Waals surface area contributed by atoms with Crippen LogP contribution in [0.15, 0.2) is 35.3 Å². The lowest BCUT2D eigenvalue weighted by Crippen LogP contribution is -2.45. The van der Waals surface area contributed by atoms with Gasteiger partial charge in [0, 0.05) is 31.9 Å². The topological polar surface area (TPSA) is 27.6 Å². The average Bonchev–Trinajstić information content (AvgIpc) is 2.90. The van der Waals surface area contributed by atoms with Crippen molar-refractivity contribution in [2.24, 2.45) is 4.99 Å². The molecule has 0 spiro atoms. The molecule has 1 fully saturated rings. The van der Waals surface area contributed by atoms with E-state index in [1.54, 1.807) is 0 Å². The van der Waals surface area contributed by atoms with Gasteiger partial charge in [-0.1, -0.05) is 42.1 Å². The summed E-state index contributed by atoms with van der Waals surface area (Å²) in [4.78, 5) is 7.27. The van der Waals surface area contributed by atoms with Crippen LogP contribution >= 0.6 is 11.8 Å². The number of benzene rings is 1. The number of rotatable bonds is 1. The summed E-state index contributed by atoms with van der Waals surface area (Å²) in [6, 6.07) is 11.0. The second-order valence-electron chi connectivity index (χ2n) is 4.39. The molecule has 3 nitrogen and oxygen atoms in total. The third kappa shape index (κ3) is 2.48. The van der Waals surface area contributed by atoms with E-state index < -0.39 is 0 Å². The molecule has 90 valence electrons. The number of hydrogen-bond acceptors (Lipinski definition) is 4. The van der Waals surface area contributed by atoms with Gasteiger partial charge in [-0.25, -0.2) is 0 Å². The Bertz CT molecular complexity index is 398. The van der Waals surface area contributed by atoms with Gasteiger partial charge in [0.2, 0.25) is 0 Å². The molecule has 0 aliphatic carbocycles. The van der Waals surface area contributed by atoms with Crippen molar-refractivity contribution >= 4 is 16.9 Å². The highest BCUT2D eigenvalue weighted by Crippen LogP contribution is 2.31. The standard InChI is InChI=1S/C13H17N3S/c1-2-4-11(5-3-1)12-10-17-13(15-12)16-8-6-14-7-9-16/h1-5,12,14H,6-10H2. The molecule has 1 unspecified atom stereocenters. The number of piperazine rings is 1. The molecule has 1 aromatic rings. The highest BCUT2D eigenvalue weighted by molar-refractivity contribution is 8.14. The Morgan fingerprint density at radius 2 is 1.94 bits per heavy atom. The maximum absolute atomic E-state index is 4.86. The third-order valence-corrected chi connectivity index (χ3v) is 4.31. The quantitative estimate of drug-likeness (QED) is 0.819. The number of thioether (sulfide) groups is 1. The van der Waals surface area contributed by atoms with Crippen molar-refractivity contribution < 1.29 is 0 Å². The summed E-state index contributed by atoms with van der Waals surface area (Å²) >= 11 is 1.90. The third-order valence-electron chi connectivity index (χ3n) is 3.21. The van der Waals surface area contributed by atoms with Gasteiger partial charge in [-0.2, -0.15) is 0 Å². The molecule has 0 amide bonds. The van der Waals surface area contributed by atoms with Gasteiger partial charge in [0.25, 0.3) is 0 Å². The van der Waals surface area contributed by atoms with Gasteiger partial charge >= 0.3 is 0 Å². The fraction of sp³-hybridized carbons (Fsp3) is 0.462. The second-order valence-corrected chi connectivity index (χ2v) is 5.37. The van der Waals surface area contributed by atoms with Gasteiger partial charge in [0.15, 0.2) is 5.17 Å². The van der Waals surface area contributed by atoms with Crippen molar-refractivity contribution in [3.8, 4) is 0 Å². The molecule has 2 aliphatic rings. The highest BCUT2D eigenvalue weighted by atomic mass is 32.2. The van der Waals surface area contributed by atoms with Crippen LogP contribution in [-0.2, 0) is 0 Å². The summed E-state index contributed by atoms with van der Waals surface area (Å²) in [6.45, 7) is 4.34. The van der Waals surface area contributed by atoms with Crippen LogP contribution in [0.4, 0.5) is 0 Å². The van der Waals surface area contributed by atoms with E-state index in [2.05, 4.69) is 40.5 Å². The predicted octanol–water partition coefficient (Wildman–Crippen LogP) is 1.74. The van der Waals surface area contributed by atoms with Gasteiger partial charge in [-0.15, -0.1) is 0 Å². The number of hydrogen-bond donors (Lipinski definition) is 1. The van der Waals surface area contributed by atoms with E-state index in [9.17, 15) is 0 Å². The van der Waals surface area contributed by atoms with Crippen molar-refractivity contribution in [2.45, 2.75) is 6.04 Å². The lowest BCUT2D eigenvalue weighted by atomic mass is 10.1. The Balaban J connectivity index is 1.72. The Kier molecular flexibility index (Phi) is 3.34. The van der Waals surface area contributed by atoms with E-state index >= 15 is 0 Å². The summed E-state index contributed by atoms with van der Waals surface area (Å²) in [5.41, 5.74) is 1.34. The van der Waals surface area contributed by atoms with Crippen molar-refractivity contribution in [3.05, 3.63) is 35.9 Å². The summed E-state index contributed by atoms with van der Waals surface area (Å²) in [5, 5.41) is 4.61. The Hall–Kier alpha value is -1.00. The Labute approximate surface area is 106 Å². The van der Waals surface area contributed by atoms with E-state index in [1.807, 2.05) is 11.8 Å². The Morgan fingerprint density at radius 1 is 1.18 bits per heavy atom. The van der Waals surface area contributed by atoms with Gasteiger partial charge in [-0.05, 0) is 5.56 Å². The minimum absolute atomic E-state index is 0.353. The first-order chi connectivity index (χ1) is 8.43. The van der Waals surface area contributed by atoms with Crippen molar-refractivity contribution in [1.29, 1.82) is 0 Å². The first-order valence-corrected chi connectivity index (χ1v) is 7.13. The summed E-state index contributed by atoms with van der Waals surface area (Å²) in [5.74, 6) is 1.09. The molecular formula is C13H17N3S. The van der Waals surface area contributed by atoms with Gasteiger partial charge < -0.3 is 10.2 Å². The monoisotopic (exact) mass is 247 g/mol. The molecule has 0 aromatic heterocycles. The SMILES string of the molecule is c1ccc(C2CSC(N3CCNCC3)=N2)cc1. The number of amidine groups is 1. The molecule has 4 heteroatoms. The van der Waals surface area contributed by atoms with E-state index in [4.69, 9.17) is 4.99 Å². The molecule has 0 bridgehead atoms. The minimum Gasteiger partial charge on any atom is -0.349 e. The number of nitrogens with one attached hydrogen (secondary N) is 1. The first kappa shape index (κ1) is 11.1. The summed E-state index contributed by atoms with van der Waals surface area (Å²) in [7, 11) is 0. The first-order valence-electron chi connectivity index (χ1n) is 6.15. The van der Waals surface area contributed by atoms with Crippen LogP contribution in [0.2, 0.25) is 0 Å². The van der Waals surface area contributed by atoms with E-state index in [-0.39, 0.29) is 0 Å². The molecule has 1 saturated heterocycles. The largest absolute Gasteiger partial charge is 0.349 e. The fourth-order valence-corrected chi connectivity index (χ4v) is 3.38. The molecule has 2 heterocycles. The fourth-order valence-electron chi connectivity index (χ4n) is 2.24. The maximum Gasteiger partial charge on any atom is 0.160 e. The Morgan fingerprint density at radius 3 is 2.71 bits per heavy atom. The van der Waals surface area contributed by atoms with Crippen molar-refractivity contribution in [2.75, 3.05) is 31.9 Å². The van der Waals surface area contributed by atoms with Crippen molar-refractivity contribution in [1.82, 2.24) is 10.2 Å². The maximum atomic E-state index is 4.86. The van der Waals surface area contributed by atoms with Crippen LogP contribution in [0.25, 0.3) is 0 Å². The zero-order valence-electron chi connectivity index (χ0n) is 9.80. The molecule has 1 aromatic carbocycles.